The van der Waals surface area contributed by atoms with Gasteiger partial charge >= 0.3 is 0 Å². The first kappa shape index (κ1) is 13.3. The Morgan fingerprint density at radius 1 is 1.09 bits per heavy atom. The minimum Gasteiger partial charge on any atom is -0.354 e. The van der Waals surface area contributed by atoms with Crippen molar-refractivity contribution >= 4 is 17.3 Å². The van der Waals surface area contributed by atoms with Crippen molar-refractivity contribution in [1.29, 1.82) is 0 Å². The zero-order chi connectivity index (χ0) is 14.9. The van der Waals surface area contributed by atoms with Crippen molar-refractivity contribution in [3.8, 4) is 0 Å². The Hall–Kier alpha value is -2.40. The molecule has 1 unspecified atom stereocenters. The van der Waals surface area contributed by atoms with Crippen LogP contribution in [0.5, 0.6) is 0 Å². The number of rotatable bonds is 4. The van der Waals surface area contributed by atoms with E-state index in [0.717, 1.165) is 24.5 Å². The van der Waals surface area contributed by atoms with Crippen LogP contribution >= 0.6 is 0 Å². The van der Waals surface area contributed by atoms with Gasteiger partial charge in [-0.05, 0) is 48.2 Å². The van der Waals surface area contributed by atoms with Crippen LogP contribution in [0.3, 0.4) is 0 Å². The lowest BCUT2D eigenvalue weighted by Crippen LogP contribution is -2.32. The van der Waals surface area contributed by atoms with E-state index in [0.29, 0.717) is 23.4 Å². The van der Waals surface area contributed by atoms with Crippen LogP contribution in [-0.2, 0) is 0 Å². The molecule has 1 aromatic heterocycles. The molecule has 0 radical (unpaired) electrons. The Morgan fingerprint density at radius 3 is 2.55 bits per heavy atom. The number of fused-ring (bicyclic) bond motifs is 1. The standard InChI is InChI=1S/C17H18N4O/c22-17(21-16-14-9-19-10-15(14)16)11-3-5-12(6-4-11)20-13-2-1-7-18-8-13/h1-8,14-16,19-20H,9-10H2,(H,21,22)/t14-,15+,16?. The number of carbonyl (C=O) groups is 1. The van der Waals surface area contributed by atoms with Crippen LogP contribution in [0.1, 0.15) is 10.4 Å². The summed E-state index contributed by atoms with van der Waals surface area (Å²) in [5.74, 6) is 1.29. The molecular weight excluding hydrogens is 276 g/mol. The molecule has 2 aromatic rings. The maximum Gasteiger partial charge on any atom is 0.251 e. The molecule has 1 amide bonds. The Kier molecular flexibility index (Phi) is 3.27. The lowest BCUT2D eigenvalue weighted by molar-refractivity contribution is 0.0946. The number of piperidine rings is 1. The molecule has 3 atom stereocenters. The predicted octanol–water partition coefficient (Wildman–Crippen LogP) is 1.77. The smallest absolute Gasteiger partial charge is 0.251 e. The zero-order valence-electron chi connectivity index (χ0n) is 12.1. The van der Waals surface area contributed by atoms with Gasteiger partial charge in [-0.3, -0.25) is 9.78 Å². The number of benzene rings is 1. The summed E-state index contributed by atoms with van der Waals surface area (Å²) < 4.78 is 0. The summed E-state index contributed by atoms with van der Waals surface area (Å²) in [5, 5.41) is 9.72. The van der Waals surface area contributed by atoms with Gasteiger partial charge in [0.2, 0.25) is 0 Å². The molecule has 2 aliphatic rings. The van der Waals surface area contributed by atoms with Gasteiger partial charge in [0.25, 0.3) is 5.91 Å². The van der Waals surface area contributed by atoms with E-state index in [2.05, 4.69) is 20.9 Å². The second-order valence-corrected chi connectivity index (χ2v) is 5.93. The summed E-state index contributed by atoms with van der Waals surface area (Å²) in [7, 11) is 0. The lowest BCUT2D eigenvalue weighted by Gasteiger charge is -2.09. The molecule has 1 aromatic carbocycles. The van der Waals surface area contributed by atoms with Gasteiger partial charge in [0, 0.05) is 36.6 Å². The van der Waals surface area contributed by atoms with Gasteiger partial charge in [0.15, 0.2) is 0 Å². The van der Waals surface area contributed by atoms with Gasteiger partial charge in [-0.25, -0.2) is 0 Å². The van der Waals surface area contributed by atoms with E-state index < -0.39 is 0 Å². The number of hydrogen-bond acceptors (Lipinski definition) is 4. The minimum absolute atomic E-state index is 0.0207. The van der Waals surface area contributed by atoms with E-state index >= 15 is 0 Å². The third kappa shape index (κ3) is 2.55. The van der Waals surface area contributed by atoms with Gasteiger partial charge in [-0.2, -0.15) is 0 Å². The zero-order valence-corrected chi connectivity index (χ0v) is 12.1. The molecule has 1 aliphatic carbocycles. The fourth-order valence-electron chi connectivity index (χ4n) is 3.18. The summed E-state index contributed by atoms with van der Waals surface area (Å²) in [6.45, 7) is 2.06. The van der Waals surface area contributed by atoms with E-state index in [1.165, 1.54) is 0 Å². The summed E-state index contributed by atoms with van der Waals surface area (Å²) >= 11 is 0. The molecule has 5 nitrogen and oxygen atoms in total. The molecule has 2 heterocycles. The SMILES string of the molecule is O=C(NC1[C@H]2CNC[C@@H]12)c1ccc(Nc2cccnc2)cc1. The van der Waals surface area contributed by atoms with Gasteiger partial charge in [0.1, 0.15) is 0 Å². The van der Waals surface area contributed by atoms with Crippen LogP contribution in [0, 0.1) is 11.8 Å². The van der Waals surface area contributed by atoms with Crippen LogP contribution in [0.4, 0.5) is 11.4 Å². The summed E-state index contributed by atoms with van der Waals surface area (Å²) in [6.07, 6.45) is 3.50. The fraction of sp³-hybridized carbons (Fsp3) is 0.294. The molecule has 1 saturated carbocycles. The first-order chi connectivity index (χ1) is 10.8. The van der Waals surface area contributed by atoms with E-state index in [4.69, 9.17) is 0 Å². The molecule has 0 bridgehead atoms. The van der Waals surface area contributed by atoms with E-state index in [1.54, 1.807) is 12.4 Å². The number of amides is 1. The highest BCUT2D eigenvalue weighted by atomic mass is 16.1. The first-order valence-corrected chi connectivity index (χ1v) is 7.60. The number of carbonyl (C=O) groups excluding carboxylic acids is 1. The molecule has 5 heteroatoms. The highest BCUT2D eigenvalue weighted by Crippen LogP contribution is 2.41. The van der Waals surface area contributed by atoms with Crippen LogP contribution in [0.25, 0.3) is 0 Å². The van der Waals surface area contributed by atoms with Gasteiger partial charge in [-0.1, -0.05) is 0 Å². The van der Waals surface area contributed by atoms with E-state index in [9.17, 15) is 4.79 Å². The highest BCUT2D eigenvalue weighted by molar-refractivity contribution is 5.95. The number of nitrogens with zero attached hydrogens (tertiary/aromatic N) is 1. The van der Waals surface area contributed by atoms with Crippen molar-refractivity contribution in [2.45, 2.75) is 6.04 Å². The van der Waals surface area contributed by atoms with Gasteiger partial charge in [-0.15, -0.1) is 0 Å². The number of aromatic nitrogens is 1. The lowest BCUT2D eigenvalue weighted by atomic mass is 10.2. The van der Waals surface area contributed by atoms with Crippen LogP contribution in [0.2, 0.25) is 0 Å². The van der Waals surface area contributed by atoms with Gasteiger partial charge in [0.05, 0.1) is 11.9 Å². The monoisotopic (exact) mass is 294 g/mol. The van der Waals surface area contributed by atoms with Crippen molar-refractivity contribution in [3.63, 3.8) is 0 Å². The average molecular weight is 294 g/mol. The Bertz CT molecular complexity index is 661. The third-order valence-electron chi connectivity index (χ3n) is 4.49. The summed E-state index contributed by atoms with van der Waals surface area (Å²) in [4.78, 5) is 16.3. The fourth-order valence-corrected chi connectivity index (χ4v) is 3.18. The van der Waals surface area contributed by atoms with Crippen LogP contribution in [-0.4, -0.2) is 30.0 Å². The van der Waals surface area contributed by atoms with Gasteiger partial charge < -0.3 is 16.0 Å². The van der Waals surface area contributed by atoms with Crippen molar-refractivity contribution < 1.29 is 4.79 Å². The largest absolute Gasteiger partial charge is 0.354 e. The Balaban J connectivity index is 1.38. The number of pyridine rings is 1. The maximum atomic E-state index is 12.2. The van der Waals surface area contributed by atoms with Crippen molar-refractivity contribution in [1.82, 2.24) is 15.6 Å². The number of anilines is 2. The van der Waals surface area contributed by atoms with E-state index in [1.807, 2.05) is 36.4 Å². The van der Waals surface area contributed by atoms with Crippen LogP contribution < -0.4 is 16.0 Å². The predicted molar refractivity (Wildman–Crippen MR) is 85.1 cm³/mol. The van der Waals surface area contributed by atoms with Crippen molar-refractivity contribution in [3.05, 3.63) is 54.4 Å². The highest BCUT2D eigenvalue weighted by Gasteiger charge is 2.53. The summed E-state index contributed by atoms with van der Waals surface area (Å²) in [5.41, 5.74) is 2.57. The first-order valence-electron chi connectivity index (χ1n) is 7.60. The number of nitrogens with one attached hydrogen (secondary N) is 3. The van der Waals surface area contributed by atoms with E-state index in [-0.39, 0.29) is 5.91 Å². The molecular formula is C17H18N4O. The quantitative estimate of drug-likeness (QED) is 0.804. The molecule has 1 saturated heterocycles. The summed E-state index contributed by atoms with van der Waals surface area (Å²) in [6, 6.07) is 11.7. The molecule has 4 rings (SSSR count). The molecule has 3 N–H and O–H groups in total. The maximum absolute atomic E-state index is 12.2. The Labute approximate surface area is 129 Å². The minimum atomic E-state index is 0.0207. The topological polar surface area (TPSA) is 66.1 Å². The molecule has 112 valence electrons. The molecule has 22 heavy (non-hydrogen) atoms. The van der Waals surface area contributed by atoms with Crippen molar-refractivity contribution in [2.75, 3.05) is 18.4 Å². The third-order valence-corrected chi connectivity index (χ3v) is 4.49. The molecule has 1 aliphatic heterocycles. The second-order valence-electron chi connectivity index (χ2n) is 5.93. The number of hydrogen-bond donors (Lipinski definition) is 3. The normalized spacial score (nSPS) is 25.4. The van der Waals surface area contributed by atoms with Crippen LogP contribution in [0.15, 0.2) is 48.8 Å². The molecule has 2 fully saturated rings. The Morgan fingerprint density at radius 2 is 1.86 bits per heavy atom. The van der Waals surface area contributed by atoms with Crippen molar-refractivity contribution in [2.24, 2.45) is 11.8 Å². The average Bonchev–Trinajstić information content (AvgIpc) is 2.97. The molecule has 0 spiro atoms. The second kappa shape index (κ2) is 5.42.